The fourth-order valence-electron chi connectivity index (χ4n) is 2.13. The molecular weight excluding hydrogens is 437 g/mol. The second-order valence-electron chi connectivity index (χ2n) is 6.20. The Bertz CT molecular complexity index is 723. The number of alkyl halides is 1. The van der Waals surface area contributed by atoms with Crippen LogP contribution in [0.15, 0.2) is 60.7 Å². The van der Waals surface area contributed by atoms with Crippen LogP contribution in [0.25, 0.3) is 0 Å². The van der Waals surface area contributed by atoms with Crippen molar-refractivity contribution < 1.29 is 30.0 Å². The standard InChI is InChI=1S/C11H15NO2.C9H10O2.C3H8O.CH3F.ClH/c1-9(11(13)12(2)14-3)10-7-5-4-6-8-10;1-7(9(10)11)8-5-3-2-4-6-8;1-3-4-2;1-2;/h4-9H,1-3H3;2-7H,1H3,(H,10,11);3H2,1-2H3;1H3;1H/t9-;7-;;;/m11.../s1/i;;;1D;. The molecule has 0 aliphatic heterocycles. The molecule has 0 aromatic heterocycles. The van der Waals surface area contributed by atoms with E-state index in [1.807, 2.05) is 74.5 Å². The Morgan fingerprint density at radius 1 is 1.00 bits per heavy atom. The molecule has 1 N–H and O–H groups in total. The number of amides is 1. The summed E-state index contributed by atoms with van der Waals surface area (Å²) in [5, 5.41) is 9.88. The maximum Gasteiger partial charge on any atom is 0.310 e. The van der Waals surface area contributed by atoms with E-state index in [1.54, 1.807) is 21.1 Å². The molecule has 2 aromatic rings. The number of nitrogens with zero attached hydrogens (tertiary/aromatic N) is 1. The van der Waals surface area contributed by atoms with Crippen LogP contribution in [0.4, 0.5) is 4.39 Å². The van der Waals surface area contributed by atoms with Gasteiger partial charge in [-0.15, -0.1) is 12.4 Å². The number of carbonyl (C=O) groups is 2. The van der Waals surface area contributed by atoms with E-state index in [1.165, 1.54) is 12.2 Å². The Kier molecular flexibility index (Phi) is 21.5. The number of halogens is 2. The van der Waals surface area contributed by atoms with E-state index in [2.05, 4.69) is 4.74 Å². The molecule has 0 unspecified atom stereocenters. The zero-order valence-electron chi connectivity index (χ0n) is 20.7. The third kappa shape index (κ3) is 14.5. The van der Waals surface area contributed by atoms with Crippen molar-refractivity contribution in [1.29, 1.82) is 0 Å². The van der Waals surface area contributed by atoms with Crippen LogP contribution in [-0.4, -0.2) is 57.1 Å². The van der Waals surface area contributed by atoms with E-state index < -0.39 is 19.0 Å². The Labute approximate surface area is 199 Å². The minimum absolute atomic E-state index is 0. The zero-order valence-corrected chi connectivity index (χ0v) is 20.5. The maximum absolute atomic E-state index is 11.7. The average molecular weight is 475 g/mol. The normalized spacial score (nSPS) is 11.2. The highest BCUT2D eigenvalue weighted by molar-refractivity contribution is 5.85. The minimum Gasteiger partial charge on any atom is -0.481 e. The van der Waals surface area contributed by atoms with Crippen molar-refractivity contribution in [3.05, 3.63) is 71.8 Å². The van der Waals surface area contributed by atoms with Crippen molar-refractivity contribution in [3.8, 4) is 0 Å². The molecule has 2 rings (SSSR count). The second-order valence-corrected chi connectivity index (χ2v) is 6.20. The van der Waals surface area contributed by atoms with Crippen molar-refractivity contribution in [2.75, 3.05) is 35.0 Å². The molecular formula is C24H37ClFNO5. The molecule has 0 aliphatic carbocycles. The van der Waals surface area contributed by atoms with Crippen molar-refractivity contribution in [2.45, 2.75) is 32.6 Å². The van der Waals surface area contributed by atoms with Crippen molar-refractivity contribution in [1.82, 2.24) is 5.06 Å². The van der Waals surface area contributed by atoms with Gasteiger partial charge in [0, 0.05) is 20.8 Å². The van der Waals surface area contributed by atoms with Gasteiger partial charge < -0.3 is 9.84 Å². The highest BCUT2D eigenvalue weighted by Crippen LogP contribution is 2.16. The summed E-state index contributed by atoms with van der Waals surface area (Å²) in [7, 11) is 3.78. The predicted octanol–water partition coefficient (Wildman–Crippen LogP) is 5.34. The van der Waals surface area contributed by atoms with E-state index >= 15 is 0 Å². The van der Waals surface area contributed by atoms with Gasteiger partial charge in [0.1, 0.15) is 0 Å². The number of carboxylic acid groups (broad SMARTS) is 1. The molecule has 0 fully saturated rings. The van der Waals surface area contributed by atoms with Gasteiger partial charge in [0.25, 0.3) is 5.91 Å². The van der Waals surface area contributed by atoms with Gasteiger partial charge in [-0.25, -0.2) is 5.06 Å². The summed E-state index contributed by atoms with van der Waals surface area (Å²) in [4.78, 5) is 27.0. The van der Waals surface area contributed by atoms with E-state index in [4.69, 9.17) is 11.3 Å². The van der Waals surface area contributed by atoms with E-state index in [9.17, 15) is 14.0 Å². The monoisotopic (exact) mass is 474 g/mol. The molecule has 0 heterocycles. The Balaban J connectivity index is -0.000000422. The van der Waals surface area contributed by atoms with Crippen LogP contribution in [0.5, 0.6) is 0 Å². The average Bonchev–Trinajstić information content (AvgIpc) is 2.84. The molecule has 182 valence electrons. The topological polar surface area (TPSA) is 76.1 Å². The van der Waals surface area contributed by atoms with Gasteiger partial charge in [-0.2, -0.15) is 0 Å². The number of hydrogen-bond acceptors (Lipinski definition) is 4. The van der Waals surface area contributed by atoms with Crippen LogP contribution < -0.4 is 0 Å². The minimum atomic E-state index is -1.00. The van der Waals surface area contributed by atoms with Crippen LogP contribution in [0.3, 0.4) is 0 Å². The molecule has 0 radical (unpaired) electrons. The Hall–Kier alpha value is -2.48. The number of carboxylic acids is 1. The van der Waals surface area contributed by atoms with Gasteiger partial charge in [-0.1, -0.05) is 60.7 Å². The number of aliphatic carboxylic acids is 1. The summed E-state index contributed by atoms with van der Waals surface area (Å²) < 4.78 is 20.0. The lowest BCUT2D eigenvalue weighted by Crippen LogP contribution is -2.29. The maximum atomic E-state index is 11.7. The summed E-state index contributed by atoms with van der Waals surface area (Å²) in [6, 6.07) is 18.8. The third-order valence-electron chi connectivity index (χ3n) is 4.21. The molecule has 2 atom stereocenters. The molecule has 0 aliphatic rings. The quantitative estimate of drug-likeness (QED) is 0.571. The van der Waals surface area contributed by atoms with Gasteiger partial charge in [0.15, 0.2) is 0 Å². The van der Waals surface area contributed by atoms with E-state index in [0.29, 0.717) is 0 Å². The van der Waals surface area contributed by atoms with Gasteiger partial charge >= 0.3 is 5.97 Å². The number of rotatable bonds is 6. The van der Waals surface area contributed by atoms with Gasteiger partial charge in [-0.3, -0.25) is 18.8 Å². The van der Waals surface area contributed by atoms with Crippen LogP contribution in [0, 0.1) is 0 Å². The summed E-state index contributed by atoms with van der Waals surface area (Å²) in [5.74, 6) is -1.40. The molecule has 8 heteroatoms. The number of hydrogen-bond donors (Lipinski definition) is 1. The summed E-state index contributed by atoms with van der Waals surface area (Å²) in [6.45, 7) is 6.32. The molecule has 2 aromatic carbocycles. The lowest BCUT2D eigenvalue weighted by molar-refractivity contribution is -0.170. The Morgan fingerprint density at radius 2 is 1.34 bits per heavy atom. The first-order valence-electron chi connectivity index (χ1n) is 10.4. The van der Waals surface area contributed by atoms with Crippen molar-refractivity contribution >= 4 is 24.3 Å². The number of ether oxygens (including phenoxy) is 1. The first kappa shape index (κ1) is 31.7. The van der Waals surface area contributed by atoms with Crippen LogP contribution in [0.1, 0.15) is 45.1 Å². The largest absolute Gasteiger partial charge is 0.481 e. The third-order valence-corrected chi connectivity index (χ3v) is 4.21. The highest BCUT2D eigenvalue weighted by Gasteiger charge is 2.18. The summed E-state index contributed by atoms with van der Waals surface area (Å²) in [6.07, 6.45) is 0. The zero-order chi connectivity index (χ0) is 24.9. The number of benzene rings is 2. The first-order chi connectivity index (χ1) is 15.2. The number of hydroxylamine groups is 2. The van der Waals surface area contributed by atoms with Crippen LogP contribution in [-0.2, 0) is 19.2 Å². The summed E-state index contributed by atoms with van der Waals surface area (Å²) in [5.41, 5.74) is 1.85. The highest BCUT2D eigenvalue weighted by atomic mass is 35.5. The second kappa shape index (κ2) is 21.7. The smallest absolute Gasteiger partial charge is 0.310 e. The van der Waals surface area contributed by atoms with Crippen molar-refractivity contribution in [3.63, 3.8) is 0 Å². The molecule has 1 amide bonds. The van der Waals surface area contributed by atoms with Gasteiger partial charge in [0.2, 0.25) is 0 Å². The Morgan fingerprint density at radius 3 is 1.62 bits per heavy atom. The van der Waals surface area contributed by atoms with Gasteiger partial charge in [0.05, 0.1) is 27.5 Å². The molecule has 0 spiro atoms. The molecule has 0 saturated carbocycles. The van der Waals surface area contributed by atoms with Crippen molar-refractivity contribution in [2.24, 2.45) is 0 Å². The number of methoxy groups -OCH3 is 1. The van der Waals surface area contributed by atoms with E-state index in [0.717, 1.165) is 17.7 Å². The molecule has 0 saturated heterocycles. The number of carbonyl (C=O) groups excluding carboxylic acids is 1. The van der Waals surface area contributed by atoms with Gasteiger partial charge in [-0.05, 0) is 31.9 Å². The summed E-state index contributed by atoms with van der Waals surface area (Å²) >= 11 is 0. The lowest BCUT2D eigenvalue weighted by Gasteiger charge is -2.18. The van der Waals surface area contributed by atoms with Crippen LogP contribution in [0.2, 0.25) is 0 Å². The fraction of sp³-hybridized carbons (Fsp3) is 0.417. The molecule has 32 heavy (non-hydrogen) atoms. The first-order valence-corrected chi connectivity index (χ1v) is 9.70. The fourth-order valence-corrected chi connectivity index (χ4v) is 2.13. The predicted molar refractivity (Wildman–Crippen MR) is 129 cm³/mol. The van der Waals surface area contributed by atoms with Crippen LogP contribution >= 0.6 is 12.4 Å². The number of likely N-dealkylation sites (N-methyl/N-ethyl adjacent to an activating group) is 1. The lowest BCUT2D eigenvalue weighted by atomic mass is 10.0. The SMILES string of the molecule is CCOC.CON(C)C(=O)[C@H](C)c1ccccc1.C[C@@H](C(=O)O)c1ccccc1.Cl.[2H]CF. The molecule has 6 nitrogen and oxygen atoms in total. The molecule has 0 bridgehead atoms. The van der Waals surface area contributed by atoms with E-state index in [-0.39, 0.29) is 24.2 Å².